The summed E-state index contributed by atoms with van der Waals surface area (Å²) in [4.78, 5) is 0.0400. The van der Waals surface area contributed by atoms with Crippen LogP contribution in [0.5, 0.6) is 0 Å². The maximum absolute atomic E-state index is 12.7. The summed E-state index contributed by atoms with van der Waals surface area (Å²) in [5, 5.41) is 0.457. The molecule has 0 unspecified atom stereocenters. The number of rotatable bonds is 4. The van der Waals surface area contributed by atoms with Crippen molar-refractivity contribution in [3.63, 3.8) is 0 Å². The van der Waals surface area contributed by atoms with Crippen molar-refractivity contribution in [3.8, 4) is 0 Å². The van der Waals surface area contributed by atoms with Gasteiger partial charge in [0, 0.05) is 36.9 Å². The van der Waals surface area contributed by atoms with Gasteiger partial charge in [0.2, 0.25) is 10.0 Å². The van der Waals surface area contributed by atoms with Crippen LogP contribution in [0.15, 0.2) is 17.0 Å². The molecule has 0 aliphatic carbocycles. The first-order chi connectivity index (χ1) is 9.89. The molecule has 1 heterocycles. The number of sulfonamides is 1. The minimum atomic E-state index is -3.69. The van der Waals surface area contributed by atoms with Crippen LogP contribution in [0.2, 0.25) is 10.0 Å². The molecule has 1 saturated heterocycles. The largest absolute Gasteiger partial charge is 0.381 e. The summed E-state index contributed by atoms with van der Waals surface area (Å²) in [6.45, 7) is 1.12. The minimum Gasteiger partial charge on any atom is -0.381 e. The third-order valence-electron chi connectivity index (χ3n) is 3.65. The molecule has 118 valence electrons. The lowest BCUT2D eigenvalue weighted by Gasteiger charge is -2.30. The Kier molecular flexibility index (Phi) is 5.79. The first-order valence-electron chi connectivity index (χ1n) is 6.48. The molecule has 1 aliphatic rings. The molecular weight excluding hydrogens is 357 g/mol. The lowest BCUT2D eigenvalue weighted by atomic mass is 10.1. The molecule has 1 fully saturated rings. The molecule has 0 amide bonds. The maximum Gasteiger partial charge on any atom is 0.244 e. The van der Waals surface area contributed by atoms with E-state index in [1.165, 1.54) is 16.4 Å². The van der Waals surface area contributed by atoms with E-state index < -0.39 is 10.0 Å². The van der Waals surface area contributed by atoms with E-state index in [0.717, 1.165) is 0 Å². The molecule has 0 N–H and O–H groups in total. The summed E-state index contributed by atoms with van der Waals surface area (Å²) in [7, 11) is -2.12. The topological polar surface area (TPSA) is 46.6 Å². The fraction of sp³-hybridized carbons (Fsp3) is 0.538. The Bertz CT molecular complexity index is 615. The summed E-state index contributed by atoms with van der Waals surface area (Å²) in [5.41, 5.74) is 0.432. The third kappa shape index (κ3) is 3.49. The summed E-state index contributed by atoms with van der Waals surface area (Å²) in [6.07, 6.45) is 1.34. The van der Waals surface area contributed by atoms with Crippen molar-refractivity contribution in [2.24, 2.45) is 0 Å². The zero-order valence-corrected chi connectivity index (χ0v) is 14.6. The Labute approximate surface area is 140 Å². The Balaban J connectivity index is 2.39. The zero-order valence-electron chi connectivity index (χ0n) is 11.5. The molecule has 0 aromatic heterocycles. The number of alkyl halides is 1. The second kappa shape index (κ2) is 7.02. The van der Waals surface area contributed by atoms with E-state index in [1.807, 2.05) is 0 Å². The van der Waals surface area contributed by atoms with Gasteiger partial charge >= 0.3 is 0 Å². The number of benzene rings is 1. The second-order valence-electron chi connectivity index (χ2n) is 4.84. The van der Waals surface area contributed by atoms with Gasteiger partial charge in [0.25, 0.3) is 0 Å². The van der Waals surface area contributed by atoms with Gasteiger partial charge in [-0.15, -0.1) is 11.6 Å². The predicted molar refractivity (Wildman–Crippen MR) is 84.8 cm³/mol. The van der Waals surface area contributed by atoms with Crippen LogP contribution in [-0.4, -0.2) is 39.0 Å². The highest BCUT2D eigenvalue weighted by Crippen LogP contribution is 2.34. The molecule has 0 radical (unpaired) electrons. The van der Waals surface area contributed by atoms with Gasteiger partial charge in [0.05, 0.1) is 10.9 Å². The van der Waals surface area contributed by atoms with E-state index in [-0.39, 0.29) is 21.8 Å². The van der Waals surface area contributed by atoms with Crippen LogP contribution < -0.4 is 0 Å². The van der Waals surface area contributed by atoms with E-state index in [1.54, 1.807) is 7.05 Å². The summed E-state index contributed by atoms with van der Waals surface area (Å²) < 4.78 is 32.1. The van der Waals surface area contributed by atoms with Crippen molar-refractivity contribution < 1.29 is 13.2 Å². The van der Waals surface area contributed by atoms with Crippen molar-refractivity contribution in [1.82, 2.24) is 4.31 Å². The van der Waals surface area contributed by atoms with Gasteiger partial charge in [-0.3, -0.25) is 0 Å². The lowest BCUT2D eigenvalue weighted by molar-refractivity contribution is 0.0632. The molecule has 1 aliphatic heterocycles. The third-order valence-corrected chi connectivity index (χ3v) is 6.76. The number of halogens is 3. The first-order valence-corrected chi connectivity index (χ1v) is 9.21. The lowest BCUT2D eigenvalue weighted by Crippen LogP contribution is -2.40. The van der Waals surface area contributed by atoms with Crippen LogP contribution in [0.3, 0.4) is 0 Å². The van der Waals surface area contributed by atoms with Gasteiger partial charge in [0.15, 0.2) is 0 Å². The molecule has 8 heteroatoms. The standard InChI is InChI=1S/C13H16Cl3NO3S/c1-17(9-4-6-20-7-5-9)21(18,19)12-3-2-11(15)10(8-14)13(12)16/h2-3,9H,4-8H2,1H3. The molecule has 0 atom stereocenters. The van der Waals surface area contributed by atoms with E-state index in [2.05, 4.69) is 0 Å². The van der Waals surface area contributed by atoms with Crippen molar-refractivity contribution in [2.45, 2.75) is 29.7 Å². The van der Waals surface area contributed by atoms with Crippen LogP contribution in [0.1, 0.15) is 18.4 Å². The normalized spacial score (nSPS) is 17.4. The molecule has 4 nitrogen and oxygen atoms in total. The number of hydrogen-bond donors (Lipinski definition) is 0. The summed E-state index contributed by atoms with van der Waals surface area (Å²) >= 11 is 18.0. The fourth-order valence-corrected chi connectivity index (χ4v) is 5.01. The van der Waals surface area contributed by atoms with E-state index in [9.17, 15) is 8.42 Å². The molecule has 1 aromatic carbocycles. The van der Waals surface area contributed by atoms with E-state index in [4.69, 9.17) is 39.5 Å². The van der Waals surface area contributed by atoms with Crippen molar-refractivity contribution in [1.29, 1.82) is 0 Å². The molecule has 2 rings (SSSR count). The smallest absolute Gasteiger partial charge is 0.244 e. The summed E-state index contributed by atoms with van der Waals surface area (Å²) in [6, 6.07) is 2.84. The Hall–Kier alpha value is -0.0400. The fourth-order valence-electron chi connectivity index (χ4n) is 2.30. The van der Waals surface area contributed by atoms with Crippen LogP contribution >= 0.6 is 34.8 Å². The van der Waals surface area contributed by atoms with Crippen LogP contribution in [0.4, 0.5) is 0 Å². The molecule has 1 aromatic rings. The van der Waals surface area contributed by atoms with Crippen molar-refractivity contribution >= 4 is 44.8 Å². The van der Waals surface area contributed by atoms with Crippen molar-refractivity contribution in [2.75, 3.05) is 20.3 Å². The molecular formula is C13H16Cl3NO3S. The van der Waals surface area contributed by atoms with Crippen LogP contribution in [0, 0.1) is 0 Å². The maximum atomic E-state index is 12.7. The Morgan fingerprint density at radius 2 is 1.90 bits per heavy atom. The van der Waals surface area contributed by atoms with Crippen molar-refractivity contribution in [3.05, 3.63) is 27.7 Å². The predicted octanol–water partition coefficient (Wildman–Crippen LogP) is 3.53. The highest BCUT2D eigenvalue weighted by Gasteiger charge is 2.31. The number of nitrogens with zero attached hydrogens (tertiary/aromatic N) is 1. The SMILES string of the molecule is CN(C1CCOCC1)S(=O)(=O)c1ccc(Cl)c(CCl)c1Cl. The van der Waals surface area contributed by atoms with Crippen LogP contribution in [0.25, 0.3) is 0 Å². The van der Waals surface area contributed by atoms with Gasteiger partial charge in [0.1, 0.15) is 4.90 Å². The van der Waals surface area contributed by atoms with Gasteiger partial charge in [-0.1, -0.05) is 23.2 Å². The Morgan fingerprint density at radius 1 is 1.29 bits per heavy atom. The number of ether oxygens (including phenoxy) is 1. The average Bonchev–Trinajstić information content (AvgIpc) is 2.47. The van der Waals surface area contributed by atoms with Gasteiger partial charge in [-0.05, 0) is 25.0 Å². The quantitative estimate of drug-likeness (QED) is 0.760. The molecule has 21 heavy (non-hydrogen) atoms. The second-order valence-corrected chi connectivity index (χ2v) is 7.85. The number of hydrogen-bond acceptors (Lipinski definition) is 3. The summed E-state index contributed by atoms with van der Waals surface area (Å²) in [5.74, 6) is 0.0575. The first kappa shape index (κ1) is 17.3. The highest BCUT2D eigenvalue weighted by atomic mass is 35.5. The monoisotopic (exact) mass is 371 g/mol. The van der Waals surface area contributed by atoms with E-state index in [0.29, 0.717) is 36.6 Å². The molecule has 0 bridgehead atoms. The van der Waals surface area contributed by atoms with Crippen LogP contribution in [-0.2, 0) is 20.6 Å². The highest BCUT2D eigenvalue weighted by molar-refractivity contribution is 7.89. The molecule has 0 saturated carbocycles. The zero-order chi connectivity index (χ0) is 15.6. The van der Waals surface area contributed by atoms with E-state index >= 15 is 0 Å². The van der Waals surface area contributed by atoms with Gasteiger partial charge in [-0.25, -0.2) is 8.42 Å². The minimum absolute atomic E-state index is 0.0400. The Morgan fingerprint density at radius 3 is 2.48 bits per heavy atom. The van der Waals surface area contributed by atoms with Gasteiger partial charge < -0.3 is 4.74 Å². The van der Waals surface area contributed by atoms with Gasteiger partial charge in [-0.2, -0.15) is 4.31 Å². The average molecular weight is 373 g/mol. The molecule has 0 spiro atoms.